The minimum atomic E-state index is -0.679. The normalized spacial score (nSPS) is 31.0. The average molecular weight is 243 g/mol. The maximum Gasteiger partial charge on any atom is 0.313 e. The highest BCUT2D eigenvalue weighted by Crippen LogP contribution is 2.32. The molecular weight excluding hydrogens is 222 g/mol. The number of hydrogen-bond donors (Lipinski definition) is 1. The Labute approximate surface area is 102 Å². The zero-order chi connectivity index (χ0) is 11.4. The Bertz CT molecular complexity index is 245. The van der Waals surface area contributed by atoms with Crippen molar-refractivity contribution in [3.63, 3.8) is 0 Å². The smallest absolute Gasteiger partial charge is 0.313 e. The van der Waals surface area contributed by atoms with E-state index in [1.807, 2.05) is 0 Å². The summed E-state index contributed by atoms with van der Waals surface area (Å²) in [5.41, 5.74) is 0. The first kappa shape index (κ1) is 12.2. The summed E-state index contributed by atoms with van der Waals surface area (Å²) in [6.07, 6.45) is 6.65. The van der Waals surface area contributed by atoms with Crippen LogP contribution in [0.5, 0.6) is 0 Å². The van der Waals surface area contributed by atoms with Gasteiger partial charge >= 0.3 is 5.97 Å². The summed E-state index contributed by atoms with van der Waals surface area (Å²) >= 11 is 1.60. The fourth-order valence-electron chi connectivity index (χ4n) is 3.07. The van der Waals surface area contributed by atoms with E-state index in [4.69, 9.17) is 5.11 Å². The number of carboxylic acids is 1. The Morgan fingerprint density at radius 1 is 1.25 bits per heavy atom. The fraction of sp³-hybridized carbons (Fsp3) is 0.917. The molecule has 0 amide bonds. The van der Waals surface area contributed by atoms with Crippen LogP contribution in [0.25, 0.3) is 0 Å². The second-order valence-electron chi connectivity index (χ2n) is 4.91. The van der Waals surface area contributed by atoms with Crippen molar-refractivity contribution in [3.05, 3.63) is 0 Å². The van der Waals surface area contributed by atoms with Crippen LogP contribution in [0.2, 0.25) is 0 Å². The van der Waals surface area contributed by atoms with E-state index in [0.29, 0.717) is 0 Å². The molecule has 2 fully saturated rings. The molecule has 0 spiro atoms. The van der Waals surface area contributed by atoms with Crippen LogP contribution in [-0.2, 0) is 4.79 Å². The lowest BCUT2D eigenvalue weighted by Gasteiger charge is -2.44. The SMILES string of the molecule is O=C(O)CSCC1CCCN2CCCCC12. The Morgan fingerprint density at radius 3 is 2.88 bits per heavy atom. The number of rotatable bonds is 4. The molecule has 0 radical (unpaired) electrons. The van der Waals surface area contributed by atoms with Crippen molar-refractivity contribution in [3.8, 4) is 0 Å². The quantitative estimate of drug-likeness (QED) is 0.820. The third kappa shape index (κ3) is 3.14. The summed E-state index contributed by atoms with van der Waals surface area (Å²) in [5.74, 6) is 1.36. The largest absolute Gasteiger partial charge is 0.481 e. The van der Waals surface area contributed by atoms with Crippen molar-refractivity contribution >= 4 is 17.7 Å². The molecule has 2 aliphatic heterocycles. The lowest BCUT2D eigenvalue weighted by Crippen LogP contribution is -2.48. The van der Waals surface area contributed by atoms with Gasteiger partial charge in [0.2, 0.25) is 0 Å². The highest BCUT2D eigenvalue weighted by Gasteiger charge is 2.32. The molecule has 0 saturated carbocycles. The van der Waals surface area contributed by atoms with E-state index in [1.54, 1.807) is 11.8 Å². The van der Waals surface area contributed by atoms with E-state index in [1.165, 1.54) is 45.2 Å². The minimum Gasteiger partial charge on any atom is -0.481 e. The maximum atomic E-state index is 10.5. The molecule has 0 aromatic rings. The van der Waals surface area contributed by atoms with Gasteiger partial charge in [-0.15, -0.1) is 11.8 Å². The van der Waals surface area contributed by atoms with Crippen molar-refractivity contribution in [2.24, 2.45) is 5.92 Å². The topological polar surface area (TPSA) is 40.5 Å². The molecule has 16 heavy (non-hydrogen) atoms. The number of thioether (sulfide) groups is 1. The first-order valence-electron chi connectivity index (χ1n) is 6.31. The Kier molecular flexibility index (Phi) is 4.53. The van der Waals surface area contributed by atoms with Crippen molar-refractivity contribution in [1.29, 1.82) is 0 Å². The van der Waals surface area contributed by atoms with Crippen molar-refractivity contribution in [2.75, 3.05) is 24.6 Å². The second-order valence-corrected chi connectivity index (χ2v) is 5.94. The molecule has 0 aromatic carbocycles. The highest BCUT2D eigenvalue weighted by atomic mass is 32.2. The molecule has 0 aliphatic carbocycles. The lowest BCUT2D eigenvalue weighted by atomic mass is 9.85. The minimum absolute atomic E-state index is 0.267. The summed E-state index contributed by atoms with van der Waals surface area (Å²) in [6.45, 7) is 2.54. The van der Waals surface area contributed by atoms with E-state index in [9.17, 15) is 4.79 Å². The first-order valence-corrected chi connectivity index (χ1v) is 7.46. The van der Waals surface area contributed by atoms with Gasteiger partial charge in [0.15, 0.2) is 0 Å². The number of aliphatic carboxylic acids is 1. The maximum absolute atomic E-state index is 10.5. The molecular formula is C12H21NO2S. The zero-order valence-corrected chi connectivity index (χ0v) is 10.5. The monoisotopic (exact) mass is 243 g/mol. The number of nitrogens with zero attached hydrogens (tertiary/aromatic N) is 1. The van der Waals surface area contributed by atoms with Gasteiger partial charge in [-0.1, -0.05) is 6.42 Å². The zero-order valence-electron chi connectivity index (χ0n) is 9.73. The fourth-order valence-corrected chi connectivity index (χ4v) is 4.05. The van der Waals surface area contributed by atoms with Crippen LogP contribution >= 0.6 is 11.8 Å². The van der Waals surface area contributed by atoms with Crippen molar-refractivity contribution in [2.45, 2.75) is 38.1 Å². The van der Waals surface area contributed by atoms with E-state index in [-0.39, 0.29) is 5.75 Å². The van der Waals surface area contributed by atoms with E-state index < -0.39 is 5.97 Å². The van der Waals surface area contributed by atoms with E-state index in [0.717, 1.165) is 17.7 Å². The highest BCUT2D eigenvalue weighted by molar-refractivity contribution is 7.99. The Balaban J connectivity index is 1.80. The van der Waals surface area contributed by atoms with Gasteiger partial charge in [0.05, 0.1) is 5.75 Å². The third-order valence-electron chi connectivity index (χ3n) is 3.79. The predicted molar refractivity (Wildman–Crippen MR) is 66.9 cm³/mol. The number of carboxylic acid groups (broad SMARTS) is 1. The van der Waals surface area contributed by atoms with Gasteiger partial charge in [0.25, 0.3) is 0 Å². The number of carbonyl (C=O) groups is 1. The molecule has 2 atom stereocenters. The van der Waals surface area contributed by atoms with Gasteiger partial charge in [0, 0.05) is 6.04 Å². The molecule has 92 valence electrons. The molecule has 0 bridgehead atoms. The summed E-state index contributed by atoms with van der Waals surface area (Å²) in [5, 5.41) is 8.64. The van der Waals surface area contributed by atoms with Crippen LogP contribution in [-0.4, -0.2) is 46.6 Å². The Morgan fingerprint density at radius 2 is 2.06 bits per heavy atom. The summed E-state index contributed by atoms with van der Waals surface area (Å²) in [4.78, 5) is 13.1. The van der Waals surface area contributed by atoms with Crippen LogP contribution < -0.4 is 0 Å². The van der Waals surface area contributed by atoms with Crippen LogP contribution in [0, 0.1) is 5.92 Å². The van der Waals surface area contributed by atoms with Gasteiger partial charge < -0.3 is 10.0 Å². The van der Waals surface area contributed by atoms with Gasteiger partial charge in [-0.2, -0.15) is 0 Å². The van der Waals surface area contributed by atoms with Crippen LogP contribution in [0.1, 0.15) is 32.1 Å². The molecule has 1 N–H and O–H groups in total. The van der Waals surface area contributed by atoms with Gasteiger partial charge in [0.1, 0.15) is 0 Å². The third-order valence-corrected chi connectivity index (χ3v) is 4.90. The van der Waals surface area contributed by atoms with Crippen LogP contribution in [0.3, 0.4) is 0 Å². The number of fused-ring (bicyclic) bond motifs is 1. The Hall–Kier alpha value is -0.220. The summed E-state index contributed by atoms with van der Waals surface area (Å²) < 4.78 is 0. The van der Waals surface area contributed by atoms with E-state index >= 15 is 0 Å². The molecule has 2 unspecified atom stereocenters. The predicted octanol–water partition coefficient (Wildman–Crippen LogP) is 2.07. The number of hydrogen-bond acceptors (Lipinski definition) is 3. The molecule has 2 saturated heterocycles. The van der Waals surface area contributed by atoms with Gasteiger partial charge in [-0.05, 0) is 50.4 Å². The summed E-state index contributed by atoms with van der Waals surface area (Å²) in [7, 11) is 0. The lowest BCUT2D eigenvalue weighted by molar-refractivity contribution is -0.133. The molecule has 4 heteroatoms. The molecule has 0 aromatic heterocycles. The molecule has 3 nitrogen and oxygen atoms in total. The standard InChI is InChI=1S/C12H21NO2S/c14-12(15)9-16-8-10-4-3-7-13-6-2-1-5-11(10)13/h10-11H,1-9H2,(H,14,15). The van der Waals surface area contributed by atoms with Crippen LogP contribution in [0.15, 0.2) is 0 Å². The van der Waals surface area contributed by atoms with Crippen LogP contribution in [0.4, 0.5) is 0 Å². The van der Waals surface area contributed by atoms with Gasteiger partial charge in [-0.25, -0.2) is 0 Å². The average Bonchev–Trinajstić information content (AvgIpc) is 2.29. The molecule has 2 rings (SSSR count). The van der Waals surface area contributed by atoms with Crippen molar-refractivity contribution in [1.82, 2.24) is 4.90 Å². The molecule has 2 aliphatic rings. The van der Waals surface area contributed by atoms with Crippen molar-refractivity contribution < 1.29 is 9.90 Å². The second kappa shape index (κ2) is 5.92. The first-order chi connectivity index (χ1) is 7.77. The summed E-state index contributed by atoms with van der Waals surface area (Å²) in [6, 6.07) is 0.754. The number of piperidine rings is 2. The van der Waals surface area contributed by atoms with Gasteiger partial charge in [-0.3, -0.25) is 4.79 Å². The van der Waals surface area contributed by atoms with E-state index in [2.05, 4.69) is 4.90 Å². The molecule has 2 heterocycles.